The van der Waals surface area contributed by atoms with Crippen LogP contribution in [0.5, 0.6) is 0 Å². The monoisotopic (exact) mass is 320 g/mol. The Kier molecular flexibility index (Phi) is 10.9. The van der Waals surface area contributed by atoms with Gasteiger partial charge in [0.2, 0.25) is 0 Å². The van der Waals surface area contributed by atoms with Crippen LogP contribution in [-0.4, -0.2) is 31.4 Å². The quantitative estimate of drug-likeness (QED) is 0.211. The van der Waals surface area contributed by atoms with Gasteiger partial charge in [-0.3, -0.25) is 4.39 Å². The maximum absolute atomic E-state index is 13.4. The van der Waals surface area contributed by atoms with Crippen molar-refractivity contribution in [3.05, 3.63) is 0 Å². The predicted molar refractivity (Wildman–Crippen MR) is 75.2 cm³/mol. The molecule has 116 valence electrons. The van der Waals surface area contributed by atoms with E-state index in [4.69, 9.17) is 0 Å². The largest absolute Gasteiger partial charge is 0.616 e. The van der Waals surface area contributed by atoms with Gasteiger partial charge in [-0.05, 0) is 24.8 Å². The molecule has 0 aliphatic carbocycles. The van der Waals surface area contributed by atoms with Crippen LogP contribution in [0.15, 0.2) is 0 Å². The molecule has 0 aromatic rings. The van der Waals surface area contributed by atoms with Crippen molar-refractivity contribution in [2.45, 2.75) is 63.3 Å². The minimum atomic E-state index is -5.42. The first kappa shape index (κ1) is 19.1. The summed E-state index contributed by atoms with van der Waals surface area (Å²) in [5.74, 6) is -0.290. The molecule has 0 aliphatic rings. The second-order valence-corrected chi connectivity index (χ2v) is 8.97. The molecule has 0 rings (SSSR count). The van der Waals surface area contributed by atoms with Gasteiger partial charge < -0.3 is 0 Å². The number of hydrogen-bond acceptors (Lipinski definition) is 0. The van der Waals surface area contributed by atoms with Gasteiger partial charge in [0.25, 0.3) is 0 Å². The van der Waals surface area contributed by atoms with Crippen LogP contribution in [0, 0.1) is 5.92 Å². The van der Waals surface area contributed by atoms with Gasteiger partial charge >= 0.3 is 9.08 Å². The van der Waals surface area contributed by atoms with E-state index in [1.807, 2.05) is 0 Å². The Labute approximate surface area is 116 Å². The van der Waals surface area contributed by atoms with Crippen molar-refractivity contribution in [1.82, 2.24) is 0 Å². The summed E-state index contributed by atoms with van der Waals surface area (Å²) in [6.45, 7) is 1.30. The zero-order chi connectivity index (χ0) is 14.7. The van der Waals surface area contributed by atoms with Crippen molar-refractivity contribution in [1.29, 1.82) is 0 Å². The molecule has 7 heteroatoms. The molecule has 0 aliphatic heterocycles. The summed E-state index contributed by atoms with van der Waals surface area (Å²) >= 11 is 0. The standard InChI is InChI=1S/C12H25F5Si2/c1-11(10-19(15,16)17)6-8-18-9-12(14)5-3-2-4-7-13/h11-12H,2-10,18H2,1H3. The van der Waals surface area contributed by atoms with Crippen LogP contribution in [-0.2, 0) is 0 Å². The third-order valence-electron chi connectivity index (χ3n) is 3.20. The summed E-state index contributed by atoms with van der Waals surface area (Å²) < 4.78 is 61.8. The molecule has 0 nitrogen and oxygen atoms in total. The van der Waals surface area contributed by atoms with Crippen LogP contribution in [0.3, 0.4) is 0 Å². The Hall–Kier alpha value is 0.0838. The van der Waals surface area contributed by atoms with Crippen LogP contribution in [0.1, 0.15) is 39.0 Å². The Morgan fingerprint density at radius 1 is 1.05 bits per heavy atom. The lowest BCUT2D eigenvalue weighted by atomic mass is 10.1. The lowest BCUT2D eigenvalue weighted by Gasteiger charge is -2.12. The molecule has 0 N–H and O–H groups in total. The van der Waals surface area contributed by atoms with Crippen LogP contribution in [0.2, 0.25) is 18.1 Å². The summed E-state index contributed by atoms with van der Waals surface area (Å²) in [7, 11) is -5.99. The van der Waals surface area contributed by atoms with Crippen LogP contribution < -0.4 is 0 Å². The molecule has 0 heterocycles. The van der Waals surface area contributed by atoms with E-state index < -0.39 is 30.8 Å². The van der Waals surface area contributed by atoms with E-state index in [1.54, 1.807) is 6.92 Å². The Morgan fingerprint density at radius 2 is 1.74 bits per heavy atom. The van der Waals surface area contributed by atoms with Gasteiger partial charge in [0.05, 0.1) is 12.8 Å². The van der Waals surface area contributed by atoms with E-state index in [2.05, 4.69) is 0 Å². The number of unbranched alkanes of at least 4 members (excludes halogenated alkanes) is 2. The normalized spacial score (nSPS) is 16.1. The molecular weight excluding hydrogens is 295 g/mol. The molecule has 0 aromatic heterocycles. The van der Waals surface area contributed by atoms with Crippen molar-refractivity contribution in [2.24, 2.45) is 5.92 Å². The highest BCUT2D eigenvalue weighted by Gasteiger charge is 2.37. The van der Waals surface area contributed by atoms with Crippen LogP contribution in [0.4, 0.5) is 21.1 Å². The highest BCUT2D eigenvalue weighted by Crippen LogP contribution is 2.24. The van der Waals surface area contributed by atoms with Gasteiger partial charge in [-0.1, -0.05) is 32.2 Å². The molecule has 0 bridgehead atoms. The average molecular weight is 320 g/mol. The number of halogens is 5. The fourth-order valence-electron chi connectivity index (χ4n) is 2.14. The molecule has 19 heavy (non-hydrogen) atoms. The first-order chi connectivity index (χ1) is 8.85. The van der Waals surface area contributed by atoms with E-state index in [-0.39, 0.29) is 12.6 Å². The third kappa shape index (κ3) is 14.3. The molecule has 2 atom stereocenters. The summed E-state index contributed by atoms with van der Waals surface area (Å²) in [6.07, 6.45) is 2.20. The molecule has 0 saturated heterocycles. The fraction of sp³-hybridized carbons (Fsp3) is 1.00. The molecule has 0 amide bonds. The number of rotatable bonds is 12. The Morgan fingerprint density at radius 3 is 2.32 bits per heavy atom. The Balaban J connectivity index is 3.42. The minimum absolute atomic E-state index is 0.290. The first-order valence-corrected chi connectivity index (χ1v) is 11.0. The molecule has 0 spiro atoms. The second kappa shape index (κ2) is 10.8. The number of alkyl halides is 2. The summed E-state index contributed by atoms with van der Waals surface area (Å²) in [4.78, 5) is 0. The molecule has 0 saturated carbocycles. The van der Waals surface area contributed by atoms with E-state index in [0.717, 1.165) is 18.9 Å². The van der Waals surface area contributed by atoms with E-state index >= 15 is 0 Å². The van der Waals surface area contributed by atoms with E-state index in [0.29, 0.717) is 25.3 Å². The molecular formula is C12H25F5Si2. The topological polar surface area (TPSA) is 0 Å². The van der Waals surface area contributed by atoms with Gasteiger partial charge in [0, 0.05) is 15.6 Å². The zero-order valence-electron chi connectivity index (χ0n) is 11.6. The van der Waals surface area contributed by atoms with Crippen molar-refractivity contribution >= 4 is 18.6 Å². The van der Waals surface area contributed by atoms with Gasteiger partial charge in [-0.15, -0.1) is 0 Å². The first-order valence-electron chi connectivity index (χ1n) is 7.12. The van der Waals surface area contributed by atoms with Crippen LogP contribution in [0.25, 0.3) is 0 Å². The van der Waals surface area contributed by atoms with Gasteiger partial charge in [0.15, 0.2) is 0 Å². The van der Waals surface area contributed by atoms with E-state index in [1.165, 1.54) is 0 Å². The lowest BCUT2D eigenvalue weighted by Crippen LogP contribution is -2.18. The smallest absolute Gasteiger partial charge is 0.251 e. The lowest BCUT2D eigenvalue weighted by molar-refractivity contribution is 0.325. The zero-order valence-corrected chi connectivity index (χ0v) is 14.0. The van der Waals surface area contributed by atoms with Crippen LogP contribution >= 0.6 is 0 Å². The summed E-state index contributed by atoms with van der Waals surface area (Å²) in [6, 6.07) is 0.770. The Bertz CT molecular complexity index is 211. The minimum Gasteiger partial charge on any atom is -0.251 e. The van der Waals surface area contributed by atoms with Crippen molar-refractivity contribution in [3.63, 3.8) is 0 Å². The van der Waals surface area contributed by atoms with Gasteiger partial charge in [0.1, 0.15) is 0 Å². The predicted octanol–water partition coefficient (Wildman–Crippen LogP) is 4.73. The van der Waals surface area contributed by atoms with E-state index in [9.17, 15) is 21.1 Å². The van der Waals surface area contributed by atoms with Crippen molar-refractivity contribution < 1.29 is 21.1 Å². The average Bonchev–Trinajstić information content (AvgIpc) is 2.28. The summed E-state index contributed by atoms with van der Waals surface area (Å²) in [5.41, 5.74) is 0. The highest BCUT2D eigenvalue weighted by molar-refractivity contribution is 6.58. The second-order valence-electron chi connectivity index (χ2n) is 5.34. The van der Waals surface area contributed by atoms with Gasteiger partial charge in [-0.2, -0.15) is 0 Å². The maximum Gasteiger partial charge on any atom is 0.616 e. The molecule has 0 radical (unpaired) electrons. The molecule has 2 unspecified atom stereocenters. The fourth-order valence-corrected chi connectivity index (χ4v) is 5.14. The third-order valence-corrected chi connectivity index (χ3v) is 6.30. The van der Waals surface area contributed by atoms with Gasteiger partial charge in [-0.25, -0.2) is 16.7 Å². The summed E-state index contributed by atoms with van der Waals surface area (Å²) in [5, 5.41) is 0. The molecule has 0 fully saturated rings. The highest BCUT2D eigenvalue weighted by atomic mass is 28.5. The van der Waals surface area contributed by atoms with Crippen molar-refractivity contribution in [3.8, 4) is 0 Å². The number of hydrogen-bond donors (Lipinski definition) is 0. The molecule has 0 aromatic carbocycles. The SMILES string of the molecule is CC(CC[SiH2]CC(F)CCCCCF)C[Si](F)(F)F. The maximum atomic E-state index is 13.4. The van der Waals surface area contributed by atoms with Crippen molar-refractivity contribution in [2.75, 3.05) is 6.67 Å².